The van der Waals surface area contributed by atoms with Crippen LogP contribution in [0.25, 0.3) is 11.0 Å². The topological polar surface area (TPSA) is 189 Å². The molecule has 3 N–H and O–H groups in total. The van der Waals surface area contributed by atoms with E-state index in [0.717, 1.165) is 28.1 Å². The molecular formula is C26H30N6O8S2. The quantitative estimate of drug-likeness (QED) is 0.200. The minimum absolute atomic E-state index is 0.0132. The molecule has 2 heterocycles. The molecule has 0 saturated carbocycles. The van der Waals surface area contributed by atoms with Gasteiger partial charge in [0, 0.05) is 18.0 Å². The maximum Gasteiger partial charge on any atom is 0.268 e. The van der Waals surface area contributed by atoms with Gasteiger partial charge < -0.3 is 19.7 Å². The van der Waals surface area contributed by atoms with Gasteiger partial charge in [0.25, 0.3) is 15.9 Å². The molecule has 0 aliphatic heterocycles. The molecule has 1 amide bonds. The summed E-state index contributed by atoms with van der Waals surface area (Å²) in [5.41, 5.74) is 7.98. The van der Waals surface area contributed by atoms with Gasteiger partial charge in [0.05, 0.1) is 37.5 Å². The first-order valence-electron chi connectivity index (χ1n) is 12.5. The van der Waals surface area contributed by atoms with Gasteiger partial charge in [-0.2, -0.15) is 5.10 Å². The number of sulfonamides is 2. The Bertz CT molecular complexity index is 1820. The molecule has 4 aromatic rings. The van der Waals surface area contributed by atoms with Gasteiger partial charge >= 0.3 is 0 Å². The van der Waals surface area contributed by atoms with Gasteiger partial charge in [-0.05, 0) is 47.0 Å². The number of anilines is 1. The van der Waals surface area contributed by atoms with Crippen molar-refractivity contribution in [1.82, 2.24) is 19.2 Å². The summed E-state index contributed by atoms with van der Waals surface area (Å²) < 4.78 is 71.1. The number of hydrogen-bond donors (Lipinski definition) is 2. The van der Waals surface area contributed by atoms with Crippen molar-refractivity contribution in [1.29, 1.82) is 0 Å². The average molecular weight is 619 g/mol. The number of nitrogens with zero attached hydrogens (tertiary/aromatic N) is 4. The second kappa shape index (κ2) is 12.5. The number of fused-ring (bicyclic) bond motifs is 1. The van der Waals surface area contributed by atoms with E-state index in [1.165, 1.54) is 13.3 Å². The Kier molecular flexibility index (Phi) is 9.06. The Labute approximate surface area is 242 Å². The van der Waals surface area contributed by atoms with E-state index in [4.69, 9.17) is 19.7 Å². The number of amides is 1. The highest BCUT2D eigenvalue weighted by atomic mass is 32.2. The Morgan fingerprint density at radius 2 is 1.93 bits per heavy atom. The van der Waals surface area contributed by atoms with Gasteiger partial charge in [-0.3, -0.25) is 18.5 Å². The third-order valence-electron chi connectivity index (χ3n) is 6.05. The van der Waals surface area contributed by atoms with Crippen molar-refractivity contribution in [3.8, 4) is 11.6 Å². The van der Waals surface area contributed by atoms with Crippen molar-refractivity contribution in [3.63, 3.8) is 0 Å². The first-order valence-corrected chi connectivity index (χ1v) is 15.8. The lowest BCUT2D eigenvalue weighted by Gasteiger charge is -2.18. The Morgan fingerprint density at radius 1 is 1.17 bits per heavy atom. The summed E-state index contributed by atoms with van der Waals surface area (Å²) in [5.74, 6) is -2.11. The molecule has 4 rings (SSSR count). The second-order valence-electron chi connectivity index (χ2n) is 9.18. The Hall–Kier alpha value is -4.57. The highest BCUT2D eigenvalue weighted by molar-refractivity contribution is 7.92. The lowest BCUT2D eigenvalue weighted by molar-refractivity contribution is -0.115. The smallest absolute Gasteiger partial charge is 0.268 e. The fourth-order valence-corrected chi connectivity index (χ4v) is 5.95. The number of primary amides is 1. The molecule has 2 aromatic heterocycles. The van der Waals surface area contributed by atoms with Crippen LogP contribution < -0.4 is 19.9 Å². The fourth-order valence-electron chi connectivity index (χ4n) is 4.03. The molecule has 14 nitrogen and oxygen atoms in total. The number of nitrogens with two attached hydrogens (primary N) is 1. The lowest BCUT2D eigenvalue weighted by Crippen LogP contribution is -2.33. The third kappa shape index (κ3) is 7.38. The van der Waals surface area contributed by atoms with Gasteiger partial charge in [0.15, 0.2) is 5.58 Å². The van der Waals surface area contributed by atoms with Crippen LogP contribution in [0.4, 0.5) is 5.69 Å². The number of aromatic nitrogens is 3. The zero-order valence-electron chi connectivity index (χ0n) is 22.9. The number of carbonyl (C=O) groups excluding carboxylic acids is 1. The second-order valence-corrected chi connectivity index (χ2v) is 12.8. The molecule has 0 fully saturated rings. The normalized spacial score (nSPS) is 11.8. The predicted molar refractivity (Wildman–Crippen MR) is 154 cm³/mol. The largest absolute Gasteiger partial charge is 0.495 e. The van der Waals surface area contributed by atoms with Crippen LogP contribution in [0.15, 0.2) is 66.1 Å². The summed E-state index contributed by atoms with van der Waals surface area (Å²) in [4.78, 5) is 11.1. The zero-order valence-corrected chi connectivity index (χ0v) is 24.5. The molecular weight excluding hydrogens is 588 g/mol. The molecule has 0 aliphatic carbocycles. The van der Waals surface area contributed by atoms with Crippen molar-refractivity contribution in [3.05, 3.63) is 78.3 Å². The number of carbonyl (C=O) groups is 1. The molecule has 42 heavy (non-hydrogen) atoms. The predicted octanol–water partition coefficient (Wildman–Crippen LogP) is 2.18. The van der Waals surface area contributed by atoms with E-state index in [-0.39, 0.29) is 12.4 Å². The van der Waals surface area contributed by atoms with Gasteiger partial charge in [-0.15, -0.1) is 0 Å². The van der Waals surface area contributed by atoms with Crippen molar-refractivity contribution >= 4 is 42.6 Å². The lowest BCUT2D eigenvalue weighted by atomic mass is 10.1. The molecule has 0 bridgehead atoms. The van der Waals surface area contributed by atoms with E-state index in [2.05, 4.69) is 21.6 Å². The fraction of sp³-hybridized carbons (Fsp3) is 0.269. The first-order chi connectivity index (χ1) is 19.9. The van der Waals surface area contributed by atoms with Crippen LogP contribution in [0.1, 0.15) is 23.6 Å². The Morgan fingerprint density at radius 3 is 2.62 bits per heavy atom. The summed E-state index contributed by atoms with van der Waals surface area (Å²) in [6, 6.07) is 10.4. The van der Waals surface area contributed by atoms with Crippen molar-refractivity contribution in [2.24, 2.45) is 5.73 Å². The van der Waals surface area contributed by atoms with Crippen LogP contribution in [-0.4, -0.2) is 60.8 Å². The van der Waals surface area contributed by atoms with E-state index in [1.54, 1.807) is 41.2 Å². The summed E-state index contributed by atoms with van der Waals surface area (Å²) >= 11 is 0. The summed E-state index contributed by atoms with van der Waals surface area (Å²) in [7, 11) is -6.43. The van der Waals surface area contributed by atoms with Crippen LogP contribution in [0, 0.1) is 0 Å². The van der Waals surface area contributed by atoms with Crippen LogP contribution >= 0.6 is 0 Å². The van der Waals surface area contributed by atoms with Gasteiger partial charge in [0.1, 0.15) is 11.5 Å². The minimum atomic E-state index is -3.95. The minimum Gasteiger partial charge on any atom is -0.495 e. The van der Waals surface area contributed by atoms with E-state index >= 15 is 0 Å². The van der Waals surface area contributed by atoms with E-state index in [9.17, 15) is 21.6 Å². The molecule has 224 valence electrons. The third-order valence-corrected chi connectivity index (χ3v) is 8.65. The van der Waals surface area contributed by atoms with E-state index in [1.807, 2.05) is 13.0 Å². The van der Waals surface area contributed by atoms with Gasteiger partial charge in [0.2, 0.25) is 21.9 Å². The molecule has 0 saturated heterocycles. The van der Waals surface area contributed by atoms with Crippen LogP contribution in [0.2, 0.25) is 0 Å². The molecule has 0 unspecified atom stereocenters. The standard InChI is InChI=1S/C26H30N6O8S2/c1-4-18-7-9-23(38-3)22(10-18)30-41(34,35)17-39-26-21-8-6-19(11-24(21)40-29-26)13-31-14-20(12-28-31)15-32(5-2)42(36,37)16-25(27)33/h5-12,14,30H,2,4,13,15-17H2,1,3H3,(H2,27,33). The molecule has 0 radical (unpaired) electrons. The maximum atomic E-state index is 12.7. The zero-order chi connectivity index (χ0) is 30.5. The Balaban J connectivity index is 1.41. The van der Waals surface area contributed by atoms with Crippen molar-refractivity contribution < 1.29 is 35.6 Å². The highest BCUT2D eigenvalue weighted by Crippen LogP contribution is 2.29. The number of benzene rings is 2. The number of rotatable bonds is 15. The average Bonchev–Trinajstić information content (AvgIpc) is 3.55. The van der Waals surface area contributed by atoms with Crippen molar-refractivity contribution in [2.75, 3.05) is 23.5 Å². The monoisotopic (exact) mass is 618 g/mol. The SMILES string of the molecule is C=CN(Cc1cnn(Cc2ccc3c(OCS(=O)(=O)Nc4cc(CC)ccc4OC)noc3c2)c1)S(=O)(=O)CC(N)=O. The van der Waals surface area contributed by atoms with Crippen molar-refractivity contribution in [2.45, 2.75) is 26.4 Å². The summed E-state index contributed by atoms with van der Waals surface area (Å²) in [5, 5.41) is 8.59. The number of ether oxygens (including phenoxy) is 2. The van der Waals surface area contributed by atoms with Crippen LogP contribution in [0.5, 0.6) is 11.6 Å². The number of aryl methyl sites for hydroxylation is 1. The van der Waals surface area contributed by atoms with Gasteiger partial charge in [-0.25, -0.2) is 16.8 Å². The van der Waals surface area contributed by atoms with Crippen LogP contribution in [0.3, 0.4) is 0 Å². The molecule has 0 aliphatic rings. The number of methoxy groups -OCH3 is 1. The molecule has 16 heteroatoms. The number of nitrogens with one attached hydrogen (secondary N) is 1. The number of hydrogen-bond acceptors (Lipinski definition) is 10. The van der Waals surface area contributed by atoms with Gasteiger partial charge in [-0.1, -0.05) is 25.6 Å². The van der Waals surface area contributed by atoms with E-state index < -0.39 is 37.6 Å². The first kappa shape index (κ1) is 30.4. The molecule has 0 atom stereocenters. The molecule has 2 aromatic carbocycles. The highest BCUT2D eigenvalue weighted by Gasteiger charge is 2.22. The maximum absolute atomic E-state index is 12.7. The summed E-state index contributed by atoms with van der Waals surface area (Å²) in [6.45, 7) is 5.69. The van der Waals surface area contributed by atoms with Crippen LogP contribution in [-0.2, 0) is 44.4 Å². The molecule has 0 spiro atoms. The summed E-state index contributed by atoms with van der Waals surface area (Å²) in [6.07, 6.45) is 4.98. The van der Waals surface area contributed by atoms with E-state index in [0.29, 0.717) is 34.5 Å².